The highest BCUT2D eigenvalue weighted by atomic mass is 19.4. The second kappa shape index (κ2) is 8.58. The summed E-state index contributed by atoms with van der Waals surface area (Å²) in [5.74, 6) is -0.568. The second-order valence-electron chi connectivity index (χ2n) is 5.77. The van der Waals surface area contributed by atoms with Gasteiger partial charge in [-0.05, 0) is 45.7 Å². The molecule has 0 aliphatic heterocycles. The average Bonchev–Trinajstić information content (AvgIpc) is 2.42. The molecule has 0 aromatic heterocycles. The lowest BCUT2D eigenvalue weighted by Crippen LogP contribution is -2.46. The van der Waals surface area contributed by atoms with Crippen LogP contribution in [-0.2, 0) is 4.79 Å². The predicted molar refractivity (Wildman–Crippen MR) is 76.0 cm³/mol. The zero-order valence-corrected chi connectivity index (χ0v) is 12.8. The molecule has 0 aromatic rings. The number of hydrogen-bond donors (Lipinski definition) is 2. The third-order valence-corrected chi connectivity index (χ3v) is 3.88. The Bertz CT molecular complexity index is 315. The van der Waals surface area contributed by atoms with Gasteiger partial charge in [-0.25, -0.2) is 0 Å². The molecule has 1 rings (SSSR count). The van der Waals surface area contributed by atoms with Gasteiger partial charge in [0.1, 0.15) is 6.54 Å². The van der Waals surface area contributed by atoms with Crippen molar-refractivity contribution in [2.45, 2.75) is 57.3 Å². The normalized spacial score (nSPS) is 23.3. The summed E-state index contributed by atoms with van der Waals surface area (Å²) in [4.78, 5) is 13.3. The molecule has 0 saturated heterocycles. The predicted octanol–water partition coefficient (Wildman–Crippen LogP) is 1.91. The van der Waals surface area contributed by atoms with E-state index in [1.807, 2.05) is 10.2 Å². The van der Waals surface area contributed by atoms with Crippen LogP contribution in [0.2, 0.25) is 0 Å². The lowest BCUT2D eigenvalue weighted by atomic mass is 9.90. The summed E-state index contributed by atoms with van der Waals surface area (Å²) in [6.45, 7) is 1.91. The van der Waals surface area contributed by atoms with E-state index in [1.54, 1.807) is 7.05 Å². The zero-order chi connectivity index (χ0) is 15.9. The molecule has 0 atom stereocenters. The highest BCUT2D eigenvalue weighted by Crippen LogP contribution is 2.22. The Kier molecular flexibility index (Phi) is 7.45. The first-order valence-electron chi connectivity index (χ1n) is 7.59. The van der Waals surface area contributed by atoms with Crippen LogP contribution in [0.15, 0.2) is 0 Å². The zero-order valence-electron chi connectivity index (χ0n) is 12.8. The third kappa shape index (κ3) is 7.66. The van der Waals surface area contributed by atoms with Crippen molar-refractivity contribution in [2.24, 2.45) is 0 Å². The van der Waals surface area contributed by atoms with Crippen LogP contribution in [0, 0.1) is 0 Å². The van der Waals surface area contributed by atoms with Gasteiger partial charge >= 0.3 is 6.18 Å². The van der Waals surface area contributed by atoms with Gasteiger partial charge in [0.05, 0.1) is 6.54 Å². The molecule has 1 fully saturated rings. The van der Waals surface area contributed by atoms with Gasteiger partial charge in [-0.15, -0.1) is 0 Å². The van der Waals surface area contributed by atoms with Gasteiger partial charge in [0, 0.05) is 12.1 Å². The SMILES string of the molecule is CCCNC1CCC(N(C)CC(=O)NCC(F)(F)F)CC1. The summed E-state index contributed by atoms with van der Waals surface area (Å²) in [6, 6.07) is 0.815. The number of nitrogens with one attached hydrogen (secondary N) is 2. The molecule has 0 unspecified atom stereocenters. The fourth-order valence-corrected chi connectivity index (χ4v) is 2.68. The molecule has 0 aromatic carbocycles. The van der Waals surface area contributed by atoms with E-state index in [0.29, 0.717) is 6.04 Å². The molecule has 21 heavy (non-hydrogen) atoms. The van der Waals surface area contributed by atoms with Crippen molar-refractivity contribution < 1.29 is 18.0 Å². The molecule has 0 heterocycles. The molecule has 1 amide bonds. The van der Waals surface area contributed by atoms with Crippen molar-refractivity contribution in [1.82, 2.24) is 15.5 Å². The van der Waals surface area contributed by atoms with Gasteiger partial charge < -0.3 is 10.6 Å². The van der Waals surface area contributed by atoms with Crippen molar-refractivity contribution in [3.8, 4) is 0 Å². The number of carbonyl (C=O) groups excluding carboxylic acids is 1. The Hall–Kier alpha value is -0.820. The number of alkyl halides is 3. The summed E-state index contributed by atoms with van der Waals surface area (Å²) in [5, 5.41) is 5.40. The number of likely N-dealkylation sites (N-methyl/N-ethyl adjacent to an activating group) is 1. The fourth-order valence-electron chi connectivity index (χ4n) is 2.68. The minimum absolute atomic E-state index is 0.0216. The standard InChI is InChI=1S/C14H26F3N3O/c1-3-8-18-11-4-6-12(7-5-11)20(2)9-13(21)19-10-14(15,16)17/h11-12,18H,3-10H2,1-2H3,(H,19,21). The summed E-state index contributed by atoms with van der Waals surface area (Å²) < 4.78 is 36.1. The van der Waals surface area contributed by atoms with Gasteiger partial charge in [-0.2, -0.15) is 13.2 Å². The van der Waals surface area contributed by atoms with Crippen LogP contribution in [0.25, 0.3) is 0 Å². The number of rotatable bonds is 7. The Balaban J connectivity index is 2.24. The first-order chi connectivity index (χ1) is 9.81. The lowest BCUT2D eigenvalue weighted by molar-refractivity contribution is -0.139. The first kappa shape index (κ1) is 18.2. The molecule has 1 saturated carbocycles. The van der Waals surface area contributed by atoms with Gasteiger partial charge in [0.15, 0.2) is 0 Å². The molecule has 124 valence electrons. The monoisotopic (exact) mass is 309 g/mol. The molecule has 0 radical (unpaired) electrons. The van der Waals surface area contributed by atoms with Gasteiger partial charge in [-0.1, -0.05) is 6.92 Å². The van der Waals surface area contributed by atoms with Crippen LogP contribution in [0.3, 0.4) is 0 Å². The van der Waals surface area contributed by atoms with Gasteiger partial charge in [0.25, 0.3) is 0 Å². The molecular formula is C14H26F3N3O. The average molecular weight is 309 g/mol. The minimum atomic E-state index is -4.35. The molecule has 2 N–H and O–H groups in total. The first-order valence-corrected chi connectivity index (χ1v) is 7.59. The Morgan fingerprint density at radius 1 is 1.24 bits per heavy atom. The molecule has 1 aliphatic rings. The Morgan fingerprint density at radius 2 is 1.86 bits per heavy atom. The maximum atomic E-state index is 12.0. The third-order valence-electron chi connectivity index (χ3n) is 3.88. The Morgan fingerprint density at radius 3 is 2.38 bits per heavy atom. The van der Waals surface area contributed by atoms with Crippen molar-refractivity contribution in [3.63, 3.8) is 0 Å². The molecule has 0 spiro atoms. The summed E-state index contributed by atoms with van der Waals surface area (Å²) in [7, 11) is 1.80. The van der Waals surface area contributed by atoms with E-state index in [1.165, 1.54) is 0 Å². The van der Waals surface area contributed by atoms with Crippen molar-refractivity contribution in [2.75, 3.05) is 26.7 Å². The smallest absolute Gasteiger partial charge is 0.346 e. The number of amides is 1. The van der Waals surface area contributed by atoms with E-state index in [9.17, 15) is 18.0 Å². The quantitative estimate of drug-likeness (QED) is 0.755. The van der Waals surface area contributed by atoms with Crippen molar-refractivity contribution in [3.05, 3.63) is 0 Å². The van der Waals surface area contributed by atoms with Gasteiger partial charge in [-0.3, -0.25) is 9.69 Å². The van der Waals surface area contributed by atoms with E-state index >= 15 is 0 Å². The maximum absolute atomic E-state index is 12.0. The topological polar surface area (TPSA) is 44.4 Å². The van der Waals surface area contributed by atoms with Crippen LogP contribution < -0.4 is 10.6 Å². The van der Waals surface area contributed by atoms with E-state index in [2.05, 4.69) is 12.2 Å². The highest BCUT2D eigenvalue weighted by molar-refractivity contribution is 5.78. The van der Waals surface area contributed by atoms with E-state index < -0.39 is 18.6 Å². The fraction of sp³-hybridized carbons (Fsp3) is 0.929. The number of carbonyl (C=O) groups is 1. The summed E-state index contributed by atoms with van der Waals surface area (Å²) in [6.07, 6.45) is 0.823. The Labute approximate surface area is 124 Å². The van der Waals surface area contributed by atoms with Crippen LogP contribution in [0.4, 0.5) is 13.2 Å². The molecule has 4 nitrogen and oxygen atoms in total. The number of halogens is 3. The maximum Gasteiger partial charge on any atom is 0.405 e. The van der Waals surface area contributed by atoms with E-state index in [-0.39, 0.29) is 12.6 Å². The lowest BCUT2D eigenvalue weighted by Gasteiger charge is -2.34. The number of hydrogen-bond acceptors (Lipinski definition) is 3. The highest BCUT2D eigenvalue weighted by Gasteiger charge is 2.29. The van der Waals surface area contributed by atoms with Gasteiger partial charge in [0.2, 0.25) is 5.91 Å². The second-order valence-corrected chi connectivity index (χ2v) is 5.77. The summed E-state index contributed by atoms with van der Waals surface area (Å²) in [5.41, 5.74) is 0. The van der Waals surface area contributed by atoms with Crippen molar-refractivity contribution >= 4 is 5.91 Å². The minimum Gasteiger partial charge on any atom is -0.346 e. The van der Waals surface area contributed by atoms with Crippen LogP contribution >= 0.6 is 0 Å². The van der Waals surface area contributed by atoms with Crippen LogP contribution in [0.1, 0.15) is 39.0 Å². The van der Waals surface area contributed by atoms with Crippen LogP contribution in [-0.4, -0.2) is 55.7 Å². The number of nitrogens with zero attached hydrogens (tertiary/aromatic N) is 1. The van der Waals surface area contributed by atoms with Crippen LogP contribution in [0.5, 0.6) is 0 Å². The molecule has 1 aliphatic carbocycles. The molecule has 0 bridgehead atoms. The van der Waals surface area contributed by atoms with E-state index in [0.717, 1.165) is 38.6 Å². The molecular weight excluding hydrogens is 283 g/mol. The largest absolute Gasteiger partial charge is 0.405 e. The van der Waals surface area contributed by atoms with Crippen molar-refractivity contribution in [1.29, 1.82) is 0 Å². The van der Waals surface area contributed by atoms with E-state index in [4.69, 9.17) is 0 Å². The molecule has 7 heteroatoms. The summed E-state index contributed by atoms with van der Waals surface area (Å²) >= 11 is 0.